The summed E-state index contributed by atoms with van der Waals surface area (Å²) in [7, 11) is 0. The van der Waals surface area contributed by atoms with Crippen molar-refractivity contribution in [1.82, 2.24) is 0 Å². The van der Waals surface area contributed by atoms with E-state index < -0.39 is 0 Å². The van der Waals surface area contributed by atoms with E-state index in [0.717, 1.165) is 24.0 Å². The quantitative estimate of drug-likeness (QED) is 0.667. The second kappa shape index (κ2) is 5.58. The van der Waals surface area contributed by atoms with Crippen LogP contribution >= 0.6 is 0 Å². The van der Waals surface area contributed by atoms with Crippen LogP contribution in [0.25, 0.3) is 0 Å². The number of aryl methyl sites for hydroxylation is 2. The minimum Gasteiger partial charge on any atom is -0.289 e. The second-order valence-corrected chi connectivity index (χ2v) is 3.71. The Morgan fingerprint density at radius 1 is 1.14 bits per heavy atom. The van der Waals surface area contributed by atoms with Gasteiger partial charge < -0.3 is 0 Å². The van der Waals surface area contributed by atoms with E-state index in [2.05, 4.69) is 6.92 Å². The number of hydrogen-bond donors (Lipinski definition) is 0. The van der Waals surface area contributed by atoms with Crippen molar-refractivity contribution >= 4 is 0 Å². The molecule has 0 amide bonds. The summed E-state index contributed by atoms with van der Waals surface area (Å²) < 4.78 is 0. The molecular formula is C13H18O. The highest BCUT2D eigenvalue weighted by Crippen LogP contribution is 2.02. The van der Waals surface area contributed by atoms with Gasteiger partial charge in [0, 0.05) is 0 Å². The summed E-state index contributed by atoms with van der Waals surface area (Å²) in [5.74, 6) is 0. The van der Waals surface area contributed by atoms with E-state index in [-0.39, 0.29) is 5.43 Å². The lowest BCUT2D eigenvalue weighted by atomic mass is 10.1. The Kier molecular flexibility index (Phi) is 4.37. The van der Waals surface area contributed by atoms with Gasteiger partial charge in [-0.15, -0.1) is 0 Å². The predicted molar refractivity (Wildman–Crippen MR) is 60.7 cm³/mol. The molecule has 0 spiro atoms. The molecule has 1 rings (SSSR count). The van der Waals surface area contributed by atoms with Crippen LogP contribution in [0.5, 0.6) is 0 Å². The first kappa shape index (κ1) is 11.0. The molecule has 0 aliphatic carbocycles. The van der Waals surface area contributed by atoms with Crippen LogP contribution in [0.2, 0.25) is 0 Å². The summed E-state index contributed by atoms with van der Waals surface area (Å²) in [5, 5.41) is 0. The molecule has 0 fully saturated rings. The van der Waals surface area contributed by atoms with E-state index >= 15 is 0 Å². The fraction of sp³-hybridized carbons (Fsp3) is 0.462. The minimum atomic E-state index is 0.214. The maximum Gasteiger partial charge on any atom is 0.184 e. The molecule has 0 bridgehead atoms. The number of rotatable bonds is 4. The van der Waals surface area contributed by atoms with E-state index in [4.69, 9.17) is 0 Å². The van der Waals surface area contributed by atoms with Crippen molar-refractivity contribution in [2.75, 3.05) is 0 Å². The predicted octanol–water partition coefficient (Wildman–Crippen LogP) is 3.09. The Morgan fingerprint density at radius 2 is 1.86 bits per heavy atom. The van der Waals surface area contributed by atoms with Gasteiger partial charge in [-0.3, -0.25) is 4.79 Å². The molecule has 0 saturated carbocycles. The largest absolute Gasteiger partial charge is 0.289 e. The summed E-state index contributed by atoms with van der Waals surface area (Å²) in [4.78, 5) is 11.8. The van der Waals surface area contributed by atoms with E-state index in [9.17, 15) is 4.79 Å². The molecule has 76 valence electrons. The van der Waals surface area contributed by atoms with Crippen molar-refractivity contribution in [2.24, 2.45) is 0 Å². The van der Waals surface area contributed by atoms with Gasteiger partial charge in [-0.1, -0.05) is 44.0 Å². The Labute approximate surface area is 85.8 Å². The second-order valence-electron chi connectivity index (χ2n) is 3.71. The zero-order valence-electron chi connectivity index (χ0n) is 9.05. The van der Waals surface area contributed by atoms with Crippen LogP contribution in [0.15, 0.2) is 29.1 Å². The number of hydrogen-bond acceptors (Lipinski definition) is 1. The third-order valence-corrected chi connectivity index (χ3v) is 2.45. The Bertz CT molecular complexity index is 341. The highest BCUT2D eigenvalue weighted by atomic mass is 16.1. The monoisotopic (exact) mass is 190 g/mol. The molecule has 0 aliphatic rings. The van der Waals surface area contributed by atoms with Crippen molar-refractivity contribution in [2.45, 2.75) is 39.5 Å². The SMILES string of the molecule is CCCCCc1ccccc(C)c1=O. The normalized spacial score (nSPS) is 10.1. The molecule has 0 heterocycles. The van der Waals surface area contributed by atoms with E-state index in [1.807, 2.05) is 31.2 Å². The Balaban J connectivity index is 2.83. The molecular weight excluding hydrogens is 172 g/mol. The summed E-state index contributed by atoms with van der Waals surface area (Å²) in [6.07, 6.45) is 4.45. The molecule has 14 heavy (non-hydrogen) atoms. The maximum atomic E-state index is 11.8. The van der Waals surface area contributed by atoms with Gasteiger partial charge in [-0.2, -0.15) is 0 Å². The van der Waals surface area contributed by atoms with Crippen molar-refractivity contribution in [3.63, 3.8) is 0 Å². The molecule has 0 radical (unpaired) electrons. The van der Waals surface area contributed by atoms with Crippen LogP contribution in [0.4, 0.5) is 0 Å². The molecule has 0 unspecified atom stereocenters. The van der Waals surface area contributed by atoms with Crippen LogP contribution in [-0.2, 0) is 6.42 Å². The summed E-state index contributed by atoms with van der Waals surface area (Å²) in [6.45, 7) is 4.06. The average Bonchev–Trinajstić information content (AvgIpc) is 2.33. The summed E-state index contributed by atoms with van der Waals surface area (Å²) >= 11 is 0. The van der Waals surface area contributed by atoms with Crippen LogP contribution in [0, 0.1) is 6.92 Å². The zero-order valence-corrected chi connectivity index (χ0v) is 9.05. The first-order valence-electron chi connectivity index (χ1n) is 5.34. The van der Waals surface area contributed by atoms with Crippen molar-refractivity contribution in [3.05, 3.63) is 45.6 Å². The van der Waals surface area contributed by atoms with Gasteiger partial charge in [-0.25, -0.2) is 0 Å². The summed E-state index contributed by atoms with van der Waals surface area (Å²) in [6, 6.07) is 7.71. The lowest BCUT2D eigenvalue weighted by Crippen LogP contribution is -2.08. The lowest BCUT2D eigenvalue weighted by molar-refractivity contribution is 0.715. The highest BCUT2D eigenvalue weighted by Gasteiger charge is 1.98. The first-order chi connectivity index (χ1) is 6.75. The van der Waals surface area contributed by atoms with E-state index in [1.54, 1.807) is 0 Å². The molecule has 1 nitrogen and oxygen atoms in total. The van der Waals surface area contributed by atoms with Crippen LogP contribution < -0.4 is 5.43 Å². The molecule has 1 heteroatoms. The van der Waals surface area contributed by atoms with Crippen LogP contribution in [0.1, 0.15) is 37.3 Å². The van der Waals surface area contributed by atoms with Crippen molar-refractivity contribution in [1.29, 1.82) is 0 Å². The molecule has 0 aliphatic heterocycles. The fourth-order valence-corrected chi connectivity index (χ4v) is 1.54. The first-order valence-corrected chi connectivity index (χ1v) is 5.34. The molecule has 1 aromatic carbocycles. The van der Waals surface area contributed by atoms with Gasteiger partial charge in [0.05, 0.1) is 0 Å². The smallest absolute Gasteiger partial charge is 0.184 e. The number of unbranched alkanes of at least 4 members (excludes halogenated alkanes) is 2. The molecule has 1 aromatic rings. The van der Waals surface area contributed by atoms with E-state index in [0.29, 0.717) is 0 Å². The van der Waals surface area contributed by atoms with Gasteiger partial charge in [0.2, 0.25) is 0 Å². The standard InChI is InChI=1S/C13H18O/c1-3-4-5-9-12-10-7-6-8-11(2)13(12)14/h6-8,10H,3-5,9H2,1-2H3. The van der Waals surface area contributed by atoms with Crippen LogP contribution in [0.3, 0.4) is 0 Å². The average molecular weight is 190 g/mol. The van der Waals surface area contributed by atoms with Crippen LogP contribution in [-0.4, -0.2) is 0 Å². The van der Waals surface area contributed by atoms with Gasteiger partial charge in [-0.05, 0) is 30.9 Å². The zero-order chi connectivity index (χ0) is 10.4. The van der Waals surface area contributed by atoms with Gasteiger partial charge in [0.15, 0.2) is 5.43 Å². The summed E-state index contributed by atoms with van der Waals surface area (Å²) in [5.41, 5.74) is 2.02. The van der Waals surface area contributed by atoms with E-state index in [1.165, 1.54) is 12.8 Å². The minimum absolute atomic E-state index is 0.214. The fourth-order valence-electron chi connectivity index (χ4n) is 1.54. The molecule has 0 N–H and O–H groups in total. The Hall–Kier alpha value is -1.11. The third kappa shape index (κ3) is 2.99. The third-order valence-electron chi connectivity index (χ3n) is 2.45. The van der Waals surface area contributed by atoms with Gasteiger partial charge in [0.25, 0.3) is 0 Å². The topological polar surface area (TPSA) is 17.1 Å². The van der Waals surface area contributed by atoms with Gasteiger partial charge in [0.1, 0.15) is 0 Å². The maximum absolute atomic E-state index is 11.8. The highest BCUT2D eigenvalue weighted by molar-refractivity contribution is 5.21. The lowest BCUT2D eigenvalue weighted by Gasteiger charge is -1.96. The Morgan fingerprint density at radius 3 is 2.57 bits per heavy atom. The van der Waals surface area contributed by atoms with Crippen molar-refractivity contribution < 1.29 is 0 Å². The molecule has 0 saturated heterocycles. The van der Waals surface area contributed by atoms with Crippen molar-refractivity contribution in [3.8, 4) is 0 Å². The molecule has 0 aromatic heterocycles. The van der Waals surface area contributed by atoms with Gasteiger partial charge >= 0.3 is 0 Å². The molecule has 0 atom stereocenters.